The lowest BCUT2D eigenvalue weighted by Gasteiger charge is -2.27. The number of aromatic nitrogens is 2. The van der Waals surface area contributed by atoms with Gasteiger partial charge in [0.1, 0.15) is 0 Å². The summed E-state index contributed by atoms with van der Waals surface area (Å²) in [5, 5.41) is 11.5. The van der Waals surface area contributed by atoms with Gasteiger partial charge < -0.3 is 15.0 Å². The summed E-state index contributed by atoms with van der Waals surface area (Å²) in [5.74, 6) is 1.54. The monoisotopic (exact) mass is 250 g/mol. The zero-order valence-electron chi connectivity index (χ0n) is 11.2. The summed E-state index contributed by atoms with van der Waals surface area (Å²) < 4.78 is 5.50. The minimum Gasteiger partial charge on any atom is -0.381 e. The van der Waals surface area contributed by atoms with Gasteiger partial charge in [-0.3, -0.25) is 0 Å². The van der Waals surface area contributed by atoms with Crippen LogP contribution in [-0.2, 0) is 11.3 Å². The average molecular weight is 250 g/mol. The first-order valence-corrected chi connectivity index (χ1v) is 6.55. The molecule has 0 bridgehead atoms. The zero-order chi connectivity index (χ0) is 12.8. The number of hydrogen-bond acceptors (Lipinski definition) is 5. The molecule has 1 unspecified atom stereocenters. The van der Waals surface area contributed by atoms with E-state index < -0.39 is 0 Å². The van der Waals surface area contributed by atoms with E-state index in [2.05, 4.69) is 27.5 Å². The summed E-state index contributed by atoms with van der Waals surface area (Å²) in [6.07, 6.45) is 2.42. The lowest BCUT2D eigenvalue weighted by molar-refractivity contribution is 0.0576. The summed E-state index contributed by atoms with van der Waals surface area (Å²) in [4.78, 5) is 2.16. The van der Waals surface area contributed by atoms with Gasteiger partial charge in [-0.05, 0) is 37.9 Å². The van der Waals surface area contributed by atoms with Crippen molar-refractivity contribution < 1.29 is 4.74 Å². The largest absolute Gasteiger partial charge is 0.381 e. The van der Waals surface area contributed by atoms with Crippen LogP contribution in [0.15, 0.2) is 12.1 Å². The number of ether oxygens (including phenoxy) is 1. The van der Waals surface area contributed by atoms with Crippen LogP contribution in [0.5, 0.6) is 0 Å². The predicted octanol–water partition coefficient (Wildman–Crippen LogP) is 1.06. The molecule has 5 heteroatoms. The Morgan fingerprint density at radius 1 is 1.44 bits per heavy atom. The van der Waals surface area contributed by atoms with E-state index in [9.17, 15) is 0 Å². The van der Waals surface area contributed by atoms with Gasteiger partial charge in [-0.2, -0.15) is 5.10 Å². The molecule has 0 spiro atoms. The molecule has 0 aromatic carbocycles. The predicted molar refractivity (Wildman–Crippen MR) is 71.6 cm³/mol. The van der Waals surface area contributed by atoms with Crippen molar-refractivity contribution in [1.29, 1.82) is 0 Å². The molecule has 0 saturated carbocycles. The molecule has 1 aromatic rings. The number of anilines is 1. The molecule has 1 aliphatic rings. The lowest BCUT2D eigenvalue weighted by atomic mass is 10.0. The summed E-state index contributed by atoms with van der Waals surface area (Å²) in [6.45, 7) is 3.53. The van der Waals surface area contributed by atoms with Crippen molar-refractivity contribution in [2.45, 2.75) is 19.4 Å². The molecule has 0 radical (unpaired) electrons. The Labute approximate surface area is 109 Å². The smallest absolute Gasteiger partial charge is 0.150 e. The first-order valence-electron chi connectivity index (χ1n) is 6.55. The van der Waals surface area contributed by atoms with Crippen molar-refractivity contribution in [2.75, 3.05) is 38.8 Å². The minimum absolute atomic E-state index is 0.613. The molecular weight excluding hydrogens is 228 g/mol. The highest BCUT2D eigenvalue weighted by atomic mass is 16.5. The van der Waals surface area contributed by atoms with E-state index in [1.807, 2.05) is 19.2 Å². The quantitative estimate of drug-likeness (QED) is 0.847. The second kappa shape index (κ2) is 6.66. The van der Waals surface area contributed by atoms with Gasteiger partial charge in [0.2, 0.25) is 0 Å². The highest BCUT2D eigenvalue weighted by molar-refractivity contribution is 5.36. The van der Waals surface area contributed by atoms with Crippen LogP contribution in [0.1, 0.15) is 18.5 Å². The molecule has 2 rings (SSSR count). The van der Waals surface area contributed by atoms with Gasteiger partial charge in [-0.15, -0.1) is 5.10 Å². The molecule has 1 saturated heterocycles. The number of nitrogens with zero attached hydrogens (tertiary/aromatic N) is 3. The minimum atomic E-state index is 0.613. The summed E-state index contributed by atoms with van der Waals surface area (Å²) in [7, 11) is 3.97. The Morgan fingerprint density at radius 2 is 2.33 bits per heavy atom. The summed E-state index contributed by atoms with van der Waals surface area (Å²) >= 11 is 0. The SMILES string of the molecule is CNCc1ccc(N(C)CC2CCCOC2)nn1. The van der Waals surface area contributed by atoms with Crippen LogP contribution < -0.4 is 10.2 Å². The Morgan fingerprint density at radius 3 is 2.94 bits per heavy atom. The maximum atomic E-state index is 5.50. The van der Waals surface area contributed by atoms with Crippen molar-refractivity contribution in [3.8, 4) is 0 Å². The van der Waals surface area contributed by atoms with Gasteiger partial charge >= 0.3 is 0 Å². The Kier molecular flexibility index (Phi) is 4.90. The van der Waals surface area contributed by atoms with E-state index >= 15 is 0 Å². The fourth-order valence-corrected chi connectivity index (χ4v) is 2.26. The van der Waals surface area contributed by atoms with E-state index in [0.717, 1.165) is 37.8 Å². The molecule has 0 amide bonds. The fraction of sp³-hybridized carbons (Fsp3) is 0.692. The van der Waals surface area contributed by atoms with Gasteiger partial charge in [0.05, 0.1) is 12.3 Å². The molecule has 100 valence electrons. The van der Waals surface area contributed by atoms with Crippen LogP contribution in [0, 0.1) is 5.92 Å². The highest BCUT2D eigenvalue weighted by Gasteiger charge is 2.16. The van der Waals surface area contributed by atoms with Crippen molar-refractivity contribution >= 4 is 5.82 Å². The van der Waals surface area contributed by atoms with Crippen LogP contribution in [0.25, 0.3) is 0 Å². The molecule has 1 aliphatic heterocycles. The molecule has 18 heavy (non-hydrogen) atoms. The molecule has 1 fully saturated rings. The topological polar surface area (TPSA) is 50.3 Å². The van der Waals surface area contributed by atoms with Crippen molar-refractivity contribution in [3.63, 3.8) is 0 Å². The zero-order valence-corrected chi connectivity index (χ0v) is 11.2. The van der Waals surface area contributed by atoms with Crippen LogP contribution in [0.3, 0.4) is 0 Å². The van der Waals surface area contributed by atoms with Crippen molar-refractivity contribution in [2.24, 2.45) is 5.92 Å². The van der Waals surface area contributed by atoms with Crippen molar-refractivity contribution in [3.05, 3.63) is 17.8 Å². The average Bonchev–Trinajstić information content (AvgIpc) is 2.41. The standard InChI is InChI=1S/C13H22N4O/c1-14-8-12-5-6-13(16-15-12)17(2)9-11-4-3-7-18-10-11/h5-6,11,14H,3-4,7-10H2,1-2H3. The van der Waals surface area contributed by atoms with Gasteiger partial charge in [0.25, 0.3) is 0 Å². The number of rotatable bonds is 5. The maximum Gasteiger partial charge on any atom is 0.150 e. The molecular formula is C13H22N4O. The molecule has 1 N–H and O–H groups in total. The van der Waals surface area contributed by atoms with Gasteiger partial charge in [-0.1, -0.05) is 0 Å². The molecule has 1 atom stereocenters. The third-order valence-electron chi connectivity index (χ3n) is 3.24. The second-order valence-corrected chi connectivity index (χ2v) is 4.88. The Bertz CT molecular complexity index is 349. The first-order chi connectivity index (χ1) is 8.79. The van der Waals surface area contributed by atoms with Crippen LogP contribution in [0.2, 0.25) is 0 Å². The van der Waals surface area contributed by atoms with Gasteiger partial charge in [-0.25, -0.2) is 0 Å². The molecule has 1 aromatic heterocycles. The van der Waals surface area contributed by atoms with Crippen LogP contribution >= 0.6 is 0 Å². The Hall–Kier alpha value is -1.20. The highest BCUT2D eigenvalue weighted by Crippen LogP contribution is 2.17. The summed E-state index contributed by atoms with van der Waals surface area (Å²) in [6, 6.07) is 4.05. The molecule has 2 heterocycles. The normalized spacial score (nSPS) is 19.8. The molecule has 5 nitrogen and oxygen atoms in total. The third-order valence-corrected chi connectivity index (χ3v) is 3.24. The third kappa shape index (κ3) is 3.65. The Balaban J connectivity index is 1.89. The van der Waals surface area contributed by atoms with E-state index in [1.54, 1.807) is 0 Å². The lowest BCUT2D eigenvalue weighted by Crippen LogP contribution is -2.31. The second-order valence-electron chi connectivity index (χ2n) is 4.88. The van der Waals surface area contributed by atoms with Crippen molar-refractivity contribution in [1.82, 2.24) is 15.5 Å². The fourth-order valence-electron chi connectivity index (χ4n) is 2.26. The van der Waals surface area contributed by atoms with E-state index in [0.29, 0.717) is 5.92 Å². The first kappa shape index (κ1) is 13.2. The number of hydrogen-bond donors (Lipinski definition) is 1. The summed E-state index contributed by atoms with van der Waals surface area (Å²) in [5.41, 5.74) is 0.968. The van der Waals surface area contributed by atoms with Crippen LogP contribution in [-0.4, -0.2) is 44.1 Å². The van der Waals surface area contributed by atoms with Gasteiger partial charge in [0, 0.05) is 26.7 Å². The number of nitrogens with one attached hydrogen (secondary N) is 1. The maximum absolute atomic E-state index is 5.50. The van der Waals surface area contributed by atoms with Gasteiger partial charge in [0.15, 0.2) is 5.82 Å². The van der Waals surface area contributed by atoms with E-state index in [4.69, 9.17) is 4.74 Å². The molecule has 0 aliphatic carbocycles. The van der Waals surface area contributed by atoms with E-state index in [-0.39, 0.29) is 0 Å². The van der Waals surface area contributed by atoms with E-state index in [1.165, 1.54) is 12.8 Å². The van der Waals surface area contributed by atoms with Crippen LogP contribution in [0.4, 0.5) is 5.82 Å².